The summed E-state index contributed by atoms with van der Waals surface area (Å²) in [5.41, 5.74) is 1.26. The molecule has 5 nitrogen and oxygen atoms in total. The number of rotatable bonds is 7. The van der Waals surface area contributed by atoms with Crippen molar-refractivity contribution in [2.45, 2.75) is 26.6 Å². The first-order valence-electron chi connectivity index (χ1n) is 8.43. The van der Waals surface area contributed by atoms with Crippen LogP contribution in [0, 0.1) is 0 Å². The number of benzene rings is 1. The van der Waals surface area contributed by atoms with Gasteiger partial charge in [0.15, 0.2) is 5.96 Å². The maximum absolute atomic E-state index is 4.67. The zero-order chi connectivity index (χ0) is 17.3. The largest absolute Gasteiger partial charge is 0.357 e. The van der Waals surface area contributed by atoms with Gasteiger partial charge in [0, 0.05) is 30.4 Å². The molecule has 6 heteroatoms. The quantitative estimate of drug-likeness (QED) is 0.506. The molecule has 0 fully saturated rings. The summed E-state index contributed by atoms with van der Waals surface area (Å²) in [5, 5.41) is 8.73. The molecule has 130 valence electrons. The summed E-state index contributed by atoms with van der Waals surface area (Å²) in [6.07, 6.45) is 3.84. The Morgan fingerprint density at radius 3 is 2.80 bits per heavy atom. The molecule has 0 saturated carbocycles. The summed E-state index contributed by atoms with van der Waals surface area (Å²) >= 11 is 1.74. The molecule has 0 radical (unpaired) electrons. The van der Waals surface area contributed by atoms with E-state index in [0.29, 0.717) is 6.54 Å². The molecule has 1 aromatic carbocycles. The lowest BCUT2D eigenvalue weighted by molar-refractivity contribution is 0.717. The lowest BCUT2D eigenvalue weighted by atomic mass is 10.2. The van der Waals surface area contributed by atoms with Crippen molar-refractivity contribution in [1.82, 2.24) is 20.2 Å². The minimum Gasteiger partial charge on any atom is -0.357 e. The number of thiophene rings is 1. The van der Waals surface area contributed by atoms with Gasteiger partial charge in [-0.15, -0.1) is 11.3 Å². The van der Waals surface area contributed by atoms with Crippen molar-refractivity contribution in [3.05, 3.63) is 76.5 Å². The average molecular weight is 353 g/mol. The maximum Gasteiger partial charge on any atom is 0.191 e. The maximum atomic E-state index is 4.67. The van der Waals surface area contributed by atoms with Gasteiger partial charge >= 0.3 is 0 Å². The Bertz CT molecular complexity index is 777. The van der Waals surface area contributed by atoms with Crippen molar-refractivity contribution in [2.75, 3.05) is 6.54 Å². The number of hydrogen-bond donors (Lipinski definition) is 2. The van der Waals surface area contributed by atoms with Crippen molar-refractivity contribution in [3.8, 4) is 0 Å². The first kappa shape index (κ1) is 17.2. The molecule has 0 aliphatic carbocycles. The van der Waals surface area contributed by atoms with Gasteiger partial charge in [0.25, 0.3) is 0 Å². The highest BCUT2D eigenvalue weighted by Gasteiger charge is 2.04. The van der Waals surface area contributed by atoms with E-state index in [2.05, 4.69) is 73.9 Å². The molecule has 0 atom stereocenters. The molecule has 0 spiro atoms. The van der Waals surface area contributed by atoms with Crippen LogP contribution in [0.4, 0.5) is 0 Å². The Kier molecular flexibility index (Phi) is 6.23. The van der Waals surface area contributed by atoms with Gasteiger partial charge in [-0.3, -0.25) is 0 Å². The summed E-state index contributed by atoms with van der Waals surface area (Å²) in [7, 11) is 0. The Labute approximate surface area is 152 Å². The van der Waals surface area contributed by atoms with Gasteiger partial charge in [-0.1, -0.05) is 36.4 Å². The molecule has 0 bridgehead atoms. The predicted molar refractivity (Wildman–Crippen MR) is 104 cm³/mol. The monoisotopic (exact) mass is 353 g/mol. The van der Waals surface area contributed by atoms with Gasteiger partial charge in [0.1, 0.15) is 12.4 Å². The molecule has 3 aromatic rings. The van der Waals surface area contributed by atoms with Crippen LogP contribution >= 0.6 is 11.3 Å². The molecule has 2 N–H and O–H groups in total. The van der Waals surface area contributed by atoms with E-state index >= 15 is 0 Å². The molecule has 3 rings (SSSR count). The van der Waals surface area contributed by atoms with E-state index in [1.54, 1.807) is 11.3 Å². The Morgan fingerprint density at radius 1 is 1.16 bits per heavy atom. The fraction of sp³-hybridized carbons (Fsp3) is 0.263. The second-order valence-corrected chi connectivity index (χ2v) is 6.62. The summed E-state index contributed by atoms with van der Waals surface area (Å²) < 4.78 is 2.14. The van der Waals surface area contributed by atoms with Crippen LogP contribution < -0.4 is 10.6 Å². The normalized spacial score (nSPS) is 11.5. The van der Waals surface area contributed by atoms with Crippen LogP contribution in [-0.4, -0.2) is 22.1 Å². The number of hydrogen-bond acceptors (Lipinski definition) is 3. The third kappa shape index (κ3) is 5.19. The molecule has 2 aromatic heterocycles. The standard InChI is InChI=1S/C19H23N5S/c1-2-20-19(22-13-17-9-6-12-25-17)23-14-18-21-10-11-24(18)15-16-7-4-3-5-8-16/h3-12H,2,13-15H2,1H3,(H2,20,22,23). The lowest BCUT2D eigenvalue weighted by Gasteiger charge is -2.11. The summed E-state index contributed by atoms with van der Waals surface area (Å²) in [5.74, 6) is 1.77. The summed E-state index contributed by atoms with van der Waals surface area (Å²) in [6.45, 7) is 5.03. The number of aliphatic imine (C=N–C) groups is 1. The molecule has 0 aliphatic heterocycles. The van der Waals surface area contributed by atoms with E-state index < -0.39 is 0 Å². The second kappa shape index (κ2) is 9.03. The van der Waals surface area contributed by atoms with Gasteiger partial charge in [0.2, 0.25) is 0 Å². The predicted octanol–water partition coefficient (Wildman–Crippen LogP) is 3.25. The first-order valence-corrected chi connectivity index (χ1v) is 9.31. The molecule has 2 heterocycles. The highest BCUT2D eigenvalue weighted by molar-refractivity contribution is 7.09. The van der Waals surface area contributed by atoms with Crippen molar-refractivity contribution in [1.29, 1.82) is 0 Å². The van der Waals surface area contributed by atoms with Crippen LogP contribution in [0.3, 0.4) is 0 Å². The molecule has 0 aliphatic rings. The van der Waals surface area contributed by atoms with Crippen molar-refractivity contribution in [3.63, 3.8) is 0 Å². The van der Waals surface area contributed by atoms with E-state index in [-0.39, 0.29) is 0 Å². The Balaban J connectivity index is 1.63. The third-order valence-electron chi connectivity index (χ3n) is 3.73. The Hall–Kier alpha value is -2.60. The molecular formula is C19H23N5S. The van der Waals surface area contributed by atoms with Gasteiger partial charge in [0.05, 0.1) is 6.54 Å². The smallest absolute Gasteiger partial charge is 0.191 e. The number of aromatic nitrogens is 2. The van der Waals surface area contributed by atoms with Crippen molar-refractivity contribution < 1.29 is 0 Å². The fourth-order valence-electron chi connectivity index (χ4n) is 2.49. The molecular weight excluding hydrogens is 330 g/mol. The minimum absolute atomic E-state index is 0.541. The first-order chi connectivity index (χ1) is 12.3. The topological polar surface area (TPSA) is 54.2 Å². The number of nitrogens with one attached hydrogen (secondary N) is 2. The van der Waals surface area contributed by atoms with Gasteiger partial charge in [-0.05, 0) is 23.9 Å². The van der Waals surface area contributed by atoms with Crippen molar-refractivity contribution in [2.24, 2.45) is 4.99 Å². The van der Waals surface area contributed by atoms with E-state index in [1.807, 2.05) is 18.5 Å². The Morgan fingerprint density at radius 2 is 2.04 bits per heavy atom. The van der Waals surface area contributed by atoms with Gasteiger partial charge in [-0.25, -0.2) is 9.98 Å². The van der Waals surface area contributed by atoms with Gasteiger partial charge < -0.3 is 15.2 Å². The summed E-state index contributed by atoms with van der Waals surface area (Å²) in [4.78, 5) is 10.4. The molecule has 0 amide bonds. The number of nitrogens with zero attached hydrogens (tertiary/aromatic N) is 3. The van der Waals surface area contributed by atoms with E-state index in [0.717, 1.165) is 31.4 Å². The highest BCUT2D eigenvalue weighted by Crippen LogP contribution is 2.08. The zero-order valence-corrected chi connectivity index (χ0v) is 15.2. The number of guanidine groups is 1. The van der Waals surface area contributed by atoms with Crippen molar-refractivity contribution >= 4 is 17.3 Å². The van der Waals surface area contributed by atoms with Crippen LogP contribution in [0.1, 0.15) is 23.2 Å². The van der Waals surface area contributed by atoms with Crippen LogP contribution in [0.2, 0.25) is 0 Å². The van der Waals surface area contributed by atoms with Crippen LogP contribution in [0.5, 0.6) is 0 Å². The molecule has 0 saturated heterocycles. The SMILES string of the molecule is CCNC(=NCc1nccn1Cc1ccccc1)NCc1cccs1. The number of imidazole rings is 1. The van der Waals surface area contributed by atoms with Crippen LogP contribution in [-0.2, 0) is 19.6 Å². The molecule has 25 heavy (non-hydrogen) atoms. The zero-order valence-electron chi connectivity index (χ0n) is 14.4. The minimum atomic E-state index is 0.541. The second-order valence-electron chi connectivity index (χ2n) is 5.59. The lowest BCUT2D eigenvalue weighted by Crippen LogP contribution is -2.36. The van der Waals surface area contributed by atoms with E-state index in [9.17, 15) is 0 Å². The van der Waals surface area contributed by atoms with Gasteiger partial charge in [-0.2, -0.15) is 0 Å². The molecule has 0 unspecified atom stereocenters. The summed E-state index contributed by atoms with van der Waals surface area (Å²) in [6, 6.07) is 14.6. The van der Waals surface area contributed by atoms with E-state index in [4.69, 9.17) is 0 Å². The fourth-order valence-corrected chi connectivity index (χ4v) is 3.14. The van der Waals surface area contributed by atoms with Crippen LogP contribution in [0.25, 0.3) is 0 Å². The average Bonchev–Trinajstić information content (AvgIpc) is 3.30. The third-order valence-corrected chi connectivity index (χ3v) is 4.61. The highest BCUT2D eigenvalue weighted by atomic mass is 32.1. The van der Waals surface area contributed by atoms with Crippen LogP contribution in [0.15, 0.2) is 65.2 Å². The van der Waals surface area contributed by atoms with E-state index in [1.165, 1.54) is 10.4 Å².